The van der Waals surface area contributed by atoms with Crippen LogP contribution in [0.3, 0.4) is 0 Å². The third-order valence-electron chi connectivity index (χ3n) is 5.90. The molecule has 0 fully saturated rings. The van der Waals surface area contributed by atoms with E-state index in [1.165, 1.54) is 18.1 Å². The highest BCUT2D eigenvalue weighted by Crippen LogP contribution is 2.32. The molecule has 0 saturated heterocycles. The van der Waals surface area contributed by atoms with E-state index in [2.05, 4.69) is 29.6 Å². The predicted octanol–water partition coefficient (Wildman–Crippen LogP) is 7.15. The first-order chi connectivity index (χ1) is 18.6. The van der Waals surface area contributed by atoms with Crippen LogP contribution in [0.5, 0.6) is 5.75 Å². The third-order valence-corrected chi connectivity index (χ3v) is 6.88. The maximum atomic E-state index is 13.4. The van der Waals surface area contributed by atoms with Crippen LogP contribution in [0.25, 0.3) is 0 Å². The third kappa shape index (κ3) is 8.53. The Kier molecular flexibility index (Phi) is 9.99. The molecule has 0 aliphatic heterocycles. The first-order valence-electron chi connectivity index (χ1n) is 12.8. The van der Waals surface area contributed by atoms with E-state index in [9.17, 15) is 9.59 Å². The van der Waals surface area contributed by atoms with E-state index >= 15 is 0 Å². The molecule has 2 amide bonds. The highest BCUT2D eigenvalue weighted by Gasteiger charge is 2.16. The molecule has 0 spiro atoms. The summed E-state index contributed by atoms with van der Waals surface area (Å²) in [7, 11) is 0. The maximum Gasteiger partial charge on any atom is 0.321 e. The monoisotopic (exact) mass is 524 g/mol. The molecule has 5 nitrogen and oxygen atoms in total. The van der Waals surface area contributed by atoms with Gasteiger partial charge in [-0.3, -0.25) is 9.69 Å². The molecule has 6 heteroatoms. The maximum absolute atomic E-state index is 13.4. The normalized spacial score (nSPS) is 10.6. The summed E-state index contributed by atoms with van der Waals surface area (Å²) in [5.41, 5.74) is 3.29. The SMILES string of the molecule is CC(=O)Oc1cccc(Sc2cccc(N(CCCc3ccccc3)C(=O)NCCc3ccccc3)c2)c1. The van der Waals surface area contributed by atoms with E-state index in [-0.39, 0.29) is 12.0 Å². The topological polar surface area (TPSA) is 58.6 Å². The Hall–Kier alpha value is -4.03. The number of nitrogens with one attached hydrogen (secondary N) is 1. The Bertz CT molecular complexity index is 1330. The second kappa shape index (κ2) is 14.1. The molecule has 0 atom stereocenters. The molecular weight excluding hydrogens is 492 g/mol. The van der Waals surface area contributed by atoms with Crippen LogP contribution in [-0.4, -0.2) is 25.1 Å². The van der Waals surface area contributed by atoms with Crippen molar-refractivity contribution in [2.75, 3.05) is 18.0 Å². The molecule has 4 aromatic rings. The second-order valence-electron chi connectivity index (χ2n) is 8.88. The van der Waals surface area contributed by atoms with Crippen LogP contribution in [0.1, 0.15) is 24.5 Å². The number of ether oxygens (including phenoxy) is 1. The van der Waals surface area contributed by atoms with Crippen molar-refractivity contribution in [2.45, 2.75) is 36.0 Å². The zero-order valence-corrected chi connectivity index (χ0v) is 22.3. The molecule has 0 heterocycles. The van der Waals surface area contributed by atoms with Gasteiger partial charge in [0.05, 0.1) is 0 Å². The number of rotatable bonds is 11. The van der Waals surface area contributed by atoms with Gasteiger partial charge in [0, 0.05) is 35.5 Å². The van der Waals surface area contributed by atoms with Crippen molar-refractivity contribution in [1.82, 2.24) is 5.32 Å². The minimum absolute atomic E-state index is 0.104. The van der Waals surface area contributed by atoms with Gasteiger partial charge in [-0.15, -0.1) is 0 Å². The van der Waals surface area contributed by atoms with E-state index in [0.717, 1.165) is 34.7 Å². The summed E-state index contributed by atoms with van der Waals surface area (Å²) in [5, 5.41) is 3.10. The number of hydrogen-bond donors (Lipinski definition) is 1. The fraction of sp³-hybridized carbons (Fsp3) is 0.188. The smallest absolute Gasteiger partial charge is 0.321 e. The fourth-order valence-corrected chi connectivity index (χ4v) is 5.03. The van der Waals surface area contributed by atoms with Crippen LogP contribution in [0.4, 0.5) is 10.5 Å². The van der Waals surface area contributed by atoms with Crippen molar-refractivity contribution < 1.29 is 14.3 Å². The molecule has 1 N–H and O–H groups in total. The van der Waals surface area contributed by atoms with E-state index in [4.69, 9.17) is 4.74 Å². The zero-order chi connectivity index (χ0) is 26.6. The van der Waals surface area contributed by atoms with Crippen LogP contribution >= 0.6 is 11.8 Å². The van der Waals surface area contributed by atoms with Gasteiger partial charge in [0.15, 0.2) is 0 Å². The molecule has 4 rings (SSSR count). The molecule has 0 bridgehead atoms. The highest BCUT2D eigenvalue weighted by atomic mass is 32.2. The summed E-state index contributed by atoms with van der Waals surface area (Å²) in [4.78, 5) is 28.4. The van der Waals surface area contributed by atoms with Crippen molar-refractivity contribution >= 4 is 29.4 Å². The summed E-state index contributed by atoms with van der Waals surface area (Å²) in [6.07, 6.45) is 2.52. The van der Waals surface area contributed by atoms with Gasteiger partial charge in [-0.05, 0) is 66.8 Å². The van der Waals surface area contributed by atoms with Gasteiger partial charge < -0.3 is 10.1 Å². The zero-order valence-electron chi connectivity index (χ0n) is 21.5. The molecule has 0 saturated carbocycles. The number of aryl methyl sites for hydroxylation is 1. The number of esters is 1. The van der Waals surface area contributed by atoms with Gasteiger partial charge in [0.1, 0.15) is 5.75 Å². The van der Waals surface area contributed by atoms with Crippen molar-refractivity contribution in [3.8, 4) is 5.75 Å². The molecule has 0 aromatic heterocycles. The summed E-state index contributed by atoms with van der Waals surface area (Å²) in [6.45, 7) is 2.55. The molecule has 4 aromatic carbocycles. The molecule has 0 aliphatic carbocycles. The molecule has 38 heavy (non-hydrogen) atoms. The standard InChI is InChI=1S/C32H32N2O3S/c1-25(35)37-29-17-9-19-31(24-29)38-30-18-8-16-28(23-30)34(22-10-15-26-11-4-2-5-12-26)32(36)33-21-20-27-13-6-3-7-14-27/h2-9,11-14,16-19,23-24H,10,15,20-22H2,1H3,(H,33,36). The largest absolute Gasteiger partial charge is 0.427 e. The van der Waals surface area contributed by atoms with Gasteiger partial charge >= 0.3 is 12.0 Å². The van der Waals surface area contributed by atoms with E-state index in [1.807, 2.05) is 83.8 Å². The second-order valence-corrected chi connectivity index (χ2v) is 10.0. The summed E-state index contributed by atoms with van der Waals surface area (Å²) >= 11 is 1.56. The minimum Gasteiger partial charge on any atom is -0.427 e. The first kappa shape index (κ1) is 27.0. The van der Waals surface area contributed by atoms with E-state index < -0.39 is 0 Å². The summed E-state index contributed by atoms with van der Waals surface area (Å²) in [6, 6.07) is 35.8. The van der Waals surface area contributed by atoms with Gasteiger partial charge in [-0.2, -0.15) is 0 Å². The van der Waals surface area contributed by atoms with Crippen molar-refractivity contribution in [1.29, 1.82) is 0 Å². The van der Waals surface area contributed by atoms with Crippen LogP contribution in [0, 0.1) is 0 Å². The Labute approximate surface area is 228 Å². The summed E-state index contributed by atoms with van der Waals surface area (Å²) < 4.78 is 5.22. The van der Waals surface area contributed by atoms with Crippen molar-refractivity contribution in [3.63, 3.8) is 0 Å². The minimum atomic E-state index is -0.349. The Morgan fingerprint density at radius 3 is 2.08 bits per heavy atom. The number of amides is 2. The van der Waals surface area contributed by atoms with Crippen molar-refractivity contribution in [2.24, 2.45) is 0 Å². The van der Waals surface area contributed by atoms with Crippen LogP contribution < -0.4 is 15.0 Å². The molecule has 194 valence electrons. The lowest BCUT2D eigenvalue weighted by molar-refractivity contribution is -0.131. The van der Waals surface area contributed by atoms with Gasteiger partial charge in [-0.1, -0.05) is 84.6 Å². The Balaban J connectivity index is 1.46. The van der Waals surface area contributed by atoms with Crippen LogP contribution in [-0.2, 0) is 17.6 Å². The lowest BCUT2D eigenvalue weighted by Crippen LogP contribution is -2.41. The first-order valence-corrected chi connectivity index (χ1v) is 13.6. The highest BCUT2D eigenvalue weighted by molar-refractivity contribution is 7.99. The molecule has 0 unspecified atom stereocenters. The summed E-state index contributed by atoms with van der Waals surface area (Å²) in [5.74, 6) is 0.164. The average molecular weight is 525 g/mol. The number of hydrogen-bond acceptors (Lipinski definition) is 4. The lowest BCUT2D eigenvalue weighted by Gasteiger charge is -2.24. The van der Waals surface area contributed by atoms with Crippen molar-refractivity contribution in [3.05, 3.63) is 120 Å². The van der Waals surface area contributed by atoms with Crippen LogP contribution in [0.15, 0.2) is 119 Å². The number of anilines is 1. The number of urea groups is 1. The number of nitrogens with zero attached hydrogens (tertiary/aromatic N) is 1. The Morgan fingerprint density at radius 1 is 0.763 bits per heavy atom. The molecule has 0 aliphatic rings. The molecule has 0 radical (unpaired) electrons. The molecular formula is C32H32N2O3S. The fourth-order valence-electron chi connectivity index (χ4n) is 4.11. The quantitative estimate of drug-likeness (QED) is 0.167. The number of benzene rings is 4. The van der Waals surface area contributed by atoms with Gasteiger partial charge in [-0.25, -0.2) is 4.79 Å². The van der Waals surface area contributed by atoms with Gasteiger partial charge in [0.25, 0.3) is 0 Å². The number of carbonyl (C=O) groups excluding carboxylic acids is 2. The predicted molar refractivity (Wildman–Crippen MR) is 154 cm³/mol. The lowest BCUT2D eigenvalue weighted by atomic mass is 10.1. The van der Waals surface area contributed by atoms with E-state index in [1.54, 1.807) is 17.8 Å². The number of carbonyl (C=O) groups is 2. The average Bonchev–Trinajstić information content (AvgIpc) is 2.92. The van der Waals surface area contributed by atoms with Crippen LogP contribution in [0.2, 0.25) is 0 Å². The van der Waals surface area contributed by atoms with Gasteiger partial charge in [0.2, 0.25) is 0 Å². The Morgan fingerprint density at radius 2 is 1.39 bits per heavy atom. The van der Waals surface area contributed by atoms with E-state index in [0.29, 0.717) is 18.8 Å².